The van der Waals surface area contributed by atoms with E-state index >= 15 is 0 Å². The number of unbranched alkanes of at least 4 members (excludes halogenated alkanes) is 1. The molecule has 0 bridgehead atoms. The third kappa shape index (κ3) is 4.45. The zero-order chi connectivity index (χ0) is 13.0. The molecule has 1 saturated heterocycles. The summed E-state index contributed by atoms with van der Waals surface area (Å²) in [5, 5.41) is 0. The maximum Gasteiger partial charge on any atom is 0.0158 e. The summed E-state index contributed by atoms with van der Waals surface area (Å²) in [6.45, 7) is 16.1. The van der Waals surface area contributed by atoms with Crippen molar-refractivity contribution in [1.82, 2.24) is 4.90 Å². The van der Waals surface area contributed by atoms with Crippen molar-refractivity contribution in [3.63, 3.8) is 0 Å². The van der Waals surface area contributed by atoms with Crippen molar-refractivity contribution in [1.29, 1.82) is 0 Å². The van der Waals surface area contributed by atoms with Gasteiger partial charge in [-0.05, 0) is 53.5 Å². The van der Waals surface area contributed by atoms with E-state index < -0.39 is 0 Å². The largest absolute Gasteiger partial charge is 0.296 e. The number of nitrogens with zero attached hydrogens (tertiary/aromatic N) is 1. The van der Waals surface area contributed by atoms with Gasteiger partial charge in [-0.1, -0.05) is 33.6 Å². The van der Waals surface area contributed by atoms with Crippen LogP contribution >= 0.6 is 0 Å². The standard InChI is InChI=1S/C11H23N.C4H10/c1-9-7-10(2,3)12(6)11(4,5)8-9;1-3-4-2/h9H,7-8H2,1-6H3;3-4H2,1-2H3. The molecule has 0 radical (unpaired) electrons. The van der Waals surface area contributed by atoms with Gasteiger partial charge in [-0.15, -0.1) is 0 Å². The highest BCUT2D eigenvalue weighted by molar-refractivity contribution is 4.96. The molecule has 1 fully saturated rings. The van der Waals surface area contributed by atoms with Crippen LogP contribution in [0.5, 0.6) is 0 Å². The molecule has 0 aromatic carbocycles. The Morgan fingerprint density at radius 3 is 1.50 bits per heavy atom. The Labute approximate surface area is 104 Å². The third-order valence-electron chi connectivity index (χ3n) is 4.01. The molecule has 0 aromatic heterocycles. The summed E-state index contributed by atoms with van der Waals surface area (Å²) in [6, 6.07) is 0. The second-order valence-corrected chi connectivity index (χ2v) is 6.70. The first kappa shape index (κ1) is 16.0. The fourth-order valence-electron chi connectivity index (χ4n) is 2.87. The molecular weight excluding hydrogens is 194 g/mol. The van der Waals surface area contributed by atoms with Gasteiger partial charge in [0.05, 0.1) is 0 Å². The first-order chi connectivity index (χ1) is 7.17. The van der Waals surface area contributed by atoms with Crippen LogP contribution in [0.4, 0.5) is 0 Å². The Kier molecular flexibility index (Phi) is 6.03. The summed E-state index contributed by atoms with van der Waals surface area (Å²) in [4.78, 5) is 2.53. The van der Waals surface area contributed by atoms with Gasteiger partial charge in [0.2, 0.25) is 0 Å². The van der Waals surface area contributed by atoms with E-state index in [2.05, 4.69) is 60.4 Å². The first-order valence-electron chi connectivity index (χ1n) is 6.91. The van der Waals surface area contributed by atoms with Gasteiger partial charge in [0.25, 0.3) is 0 Å². The van der Waals surface area contributed by atoms with Crippen LogP contribution in [0.1, 0.15) is 74.1 Å². The fraction of sp³-hybridized carbons (Fsp3) is 1.00. The molecule has 0 amide bonds. The smallest absolute Gasteiger partial charge is 0.0158 e. The number of rotatable bonds is 1. The highest BCUT2D eigenvalue weighted by atomic mass is 15.2. The highest BCUT2D eigenvalue weighted by Crippen LogP contribution is 2.39. The van der Waals surface area contributed by atoms with Crippen molar-refractivity contribution < 1.29 is 0 Å². The average molecular weight is 227 g/mol. The Morgan fingerprint density at radius 2 is 1.25 bits per heavy atom. The summed E-state index contributed by atoms with van der Waals surface area (Å²) in [6.07, 6.45) is 5.29. The van der Waals surface area contributed by atoms with Crippen molar-refractivity contribution in [2.75, 3.05) is 7.05 Å². The molecule has 1 nitrogen and oxygen atoms in total. The van der Waals surface area contributed by atoms with Crippen LogP contribution in [0, 0.1) is 5.92 Å². The summed E-state index contributed by atoms with van der Waals surface area (Å²) in [5.41, 5.74) is 0.752. The van der Waals surface area contributed by atoms with Gasteiger partial charge >= 0.3 is 0 Å². The Hall–Kier alpha value is -0.0400. The van der Waals surface area contributed by atoms with Gasteiger partial charge in [0.1, 0.15) is 0 Å². The summed E-state index contributed by atoms with van der Waals surface area (Å²) in [5.74, 6) is 0.867. The molecule has 0 atom stereocenters. The van der Waals surface area contributed by atoms with Gasteiger partial charge in [0, 0.05) is 11.1 Å². The van der Waals surface area contributed by atoms with E-state index in [0.29, 0.717) is 11.1 Å². The zero-order valence-corrected chi connectivity index (χ0v) is 12.9. The van der Waals surface area contributed by atoms with E-state index in [-0.39, 0.29) is 0 Å². The minimum Gasteiger partial charge on any atom is -0.296 e. The minimum atomic E-state index is 0.376. The van der Waals surface area contributed by atoms with Crippen LogP contribution in [-0.2, 0) is 0 Å². The van der Waals surface area contributed by atoms with E-state index in [1.165, 1.54) is 25.7 Å². The van der Waals surface area contributed by atoms with E-state index in [9.17, 15) is 0 Å². The van der Waals surface area contributed by atoms with Crippen molar-refractivity contribution in [3.8, 4) is 0 Å². The number of likely N-dealkylation sites (tertiary alicyclic amines) is 1. The molecule has 0 saturated carbocycles. The van der Waals surface area contributed by atoms with Gasteiger partial charge in [-0.25, -0.2) is 0 Å². The second-order valence-electron chi connectivity index (χ2n) is 6.70. The topological polar surface area (TPSA) is 3.24 Å². The molecule has 1 heteroatoms. The van der Waals surface area contributed by atoms with Crippen LogP contribution in [0.15, 0.2) is 0 Å². The molecule has 0 unspecified atom stereocenters. The Morgan fingerprint density at radius 1 is 0.938 bits per heavy atom. The van der Waals surface area contributed by atoms with Gasteiger partial charge in [0.15, 0.2) is 0 Å². The molecule has 1 heterocycles. The molecule has 0 spiro atoms. The SMILES string of the molecule is CC1CC(C)(C)N(C)C(C)(C)C1.CCCC. The molecular formula is C15H33N. The molecule has 1 aliphatic rings. The Bertz CT molecular complexity index is 174. The van der Waals surface area contributed by atoms with Crippen molar-refractivity contribution in [3.05, 3.63) is 0 Å². The lowest BCUT2D eigenvalue weighted by Crippen LogP contribution is -2.58. The van der Waals surface area contributed by atoms with Crippen LogP contribution in [0.25, 0.3) is 0 Å². The highest BCUT2D eigenvalue weighted by Gasteiger charge is 2.41. The van der Waals surface area contributed by atoms with Crippen molar-refractivity contribution >= 4 is 0 Å². The predicted octanol–water partition coefficient (Wildman–Crippen LogP) is 4.71. The Balaban J connectivity index is 0.000000487. The van der Waals surface area contributed by atoms with Crippen LogP contribution < -0.4 is 0 Å². The van der Waals surface area contributed by atoms with E-state index in [0.717, 1.165) is 5.92 Å². The van der Waals surface area contributed by atoms with Crippen LogP contribution in [0.3, 0.4) is 0 Å². The monoisotopic (exact) mass is 227 g/mol. The molecule has 16 heavy (non-hydrogen) atoms. The third-order valence-corrected chi connectivity index (χ3v) is 4.01. The van der Waals surface area contributed by atoms with E-state index in [1.54, 1.807) is 0 Å². The molecule has 1 aliphatic heterocycles. The summed E-state index contributed by atoms with van der Waals surface area (Å²) in [7, 11) is 2.26. The van der Waals surface area contributed by atoms with E-state index in [4.69, 9.17) is 0 Å². The summed E-state index contributed by atoms with van der Waals surface area (Å²) >= 11 is 0. The average Bonchev–Trinajstić information content (AvgIpc) is 2.13. The second kappa shape index (κ2) is 6.05. The summed E-state index contributed by atoms with van der Waals surface area (Å²) < 4.78 is 0. The lowest BCUT2D eigenvalue weighted by molar-refractivity contribution is -0.0255. The lowest BCUT2D eigenvalue weighted by atomic mass is 9.75. The quantitative estimate of drug-likeness (QED) is 0.627. The number of hydrogen-bond donors (Lipinski definition) is 0. The zero-order valence-electron chi connectivity index (χ0n) is 12.9. The molecule has 0 aromatic rings. The van der Waals surface area contributed by atoms with Crippen molar-refractivity contribution in [2.45, 2.75) is 85.2 Å². The molecule has 98 valence electrons. The predicted molar refractivity (Wildman–Crippen MR) is 74.9 cm³/mol. The number of piperidine rings is 1. The maximum atomic E-state index is 2.53. The maximum absolute atomic E-state index is 2.53. The van der Waals surface area contributed by atoms with Crippen LogP contribution in [0.2, 0.25) is 0 Å². The number of hydrogen-bond acceptors (Lipinski definition) is 1. The minimum absolute atomic E-state index is 0.376. The lowest BCUT2D eigenvalue weighted by Gasteiger charge is -2.53. The fourth-order valence-corrected chi connectivity index (χ4v) is 2.87. The molecule has 0 N–H and O–H groups in total. The molecule has 1 rings (SSSR count). The van der Waals surface area contributed by atoms with Crippen molar-refractivity contribution in [2.24, 2.45) is 5.92 Å². The van der Waals surface area contributed by atoms with E-state index in [1.807, 2.05) is 0 Å². The van der Waals surface area contributed by atoms with Gasteiger partial charge in [-0.3, -0.25) is 4.90 Å². The first-order valence-corrected chi connectivity index (χ1v) is 6.91. The van der Waals surface area contributed by atoms with Crippen LogP contribution in [-0.4, -0.2) is 23.0 Å². The van der Waals surface area contributed by atoms with Gasteiger partial charge < -0.3 is 0 Å². The van der Waals surface area contributed by atoms with Gasteiger partial charge in [-0.2, -0.15) is 0 Å². The normalized spacial score (nSPS) is 24.8. The molecule has 0 aliphatic carbocycles.